The summed E-state index contributed by atoms with van der Waals surface area (Å²) >= 11 is 0. The van der Waals surface area contributed by atoms with Gasteiger partial charge < -0.3 is 11.1 Å². The zero-order valence-corrected chi connectivity index (χ0v) is 10.5. The molecule has 0 aromatic carbocycles. The monoisotopic (exact) mass is 224 g/mol. The molecular weight excluding hydrogens is 200 g/mol. The molecule has 4 unspecified atom stereocenters. The van der Waals surface area contributed by atoms with Crippen LogP contribution in [0.1, 0.15) is 46.0 Å². The first kappa shape index (κ1) is 11.9. The minimum absolute atomic E-state index is 0.113. The van der Waals surface area contributed by atoms with Crippen molar-refractivity contribution in [3.8, 4) is 0 Å². The Hall–Kier alpha value is -0.570. The SMILES string of the molecule is CC1CC1C(=O)NC1(CN)CCCCC1C. The van der Waals surface area contributed by atoms with Gasteiger partial charge in [-0.25, -0.2) is 0 Å². The molecule has 92 valence electrons. The number of nitrogens with one attached hydrogen (secondary N) is 1. The van der Waals surface area contributed by atoms with Gasteiger partial charge in [-0.1, -0.05) is 26.7 Å². The third-order valence-corrected chi connectivity index (χ3v) is 4.64. The first-order valence-corrected chi connectivity index (χ1v) is 6.61. The van der Waals surface area contributed by atoms with Gasteiger partial charge in [0, 0.05) is 12.5 Å². The first-order valence-electron chi connectivity index (χ1n) is 6.61. The Labute approximate surface area is 98.2 Å². The van der Waals surface area contributed by atoms with Gasteiger partial charge >= 0.3 is 0 Å². The van der Waals surface area contributed by atoms with E-state index in [9.17, 15) is 4.79 Å². The van der Waals surface area contributed by atoms with Gasteiger partial charge in [0.2, 0.25) is 5.91 Å². The highest BCUT2D eigenvalue weighted by Crippen LogP contribution is 2.40. The molecule has 3 N–H and O–H groups in total. The van der Waals surface area contributed by atoms with E-state index in [4.69, 9.17) is 5.73 Å². The molecule has 0 saturated heterocycles. The van der Waals surface area contributed by atoms with Gasteiger partial charge in [-0.15, -0.1) is 0 Å². The van der Waals surface area contributed by atoms with Gasteiger partial charge in [0.05, 0.1) is 5.54 Å². The Morgan fingerprint density at radius 1 is 1.44 bits per heavy atom. The van der Waals surface area contributed by atoms with Crippen LogP contribution < -0.4 is 11.1 Å². The highest BCUT2D eigenvalue weighted by Gasteiger charge is 2.44. The van der Waals surface area contributed by atoms with E-state index in [2.05, 4.69) is 19.2 Å². The molecule has 4 atom stereocenters. The topological polar surface area (TPSA) is 55.1 Å². The zero-order valence-electron chi connectivity index (χ0n) is 10.5. The number of carbonyl (C=O) groups excluding carboxylic acids is 1. The van der Waals surface area contributed by atoms with E-state index in [-0.39, 0.29) is 17.4 Å². The Kier molecular flexibility index (Phi) is 3.24. The average Bonchev–Trinajstić information content (AvgIpc) is 2.99. The lowest BCUT2D eigenvalue weighted by Crippen LogP contribution is -2.59. The standard InChI is InChI=1S/C13H24N2O/c1-9-7-11(9)12(16)15-13(8-14)6-4-3-5-10(13)2/h9-11H,3-8,14H2,1-2H3,(H,15,16). The maximum absolute atomic E-state index is 12.0. The van der Waals surface area contributed by atoms with Crippen molar-refractivity contribution < 1.29 is 4.79 Å². The summed E-state index contributed by atoms with van der Waals surface area (Å²) < 4.78 is 0. The summed E-state index contributed by atoms with van der Waals surface area (Å²) in [7, 11) is 0. The second-order valence-corrected chi connectivity index (χ2v) is 5.82. The van der Waals surface area contributed by atoms with Crippen molar-refractivity contribution in [3.63, 3.8) is 0 Å². The number of nitrogens with two attached hydrogens (primary N) is 1. The average molecular weight is 224 g/mol. The third kappa shape index (κ3) is 2.10. The summed E-state index contributed by atoms with van der Waals surface area (Å²) in [6, 6.07) is 0. The lowest BCUT2D eigenvalue weighted by molar-refractivity contribution is -0.125. The van der Waals surface area contributed by atoms with E-state index in [0.717, 1.165) is 12.8 Å². The number of rotatable bonds is 3. The highest BCUT2D eigenvalue weighted by atomic mass is 16.2. The second-order valence-electron chi connectivity index (χ2n) is 5.82. The second kappa shape index (κ2) is 4.36. The van der Waals surface area contributed by atoms with E-state index in [1.165, 1.54) is 19.3 Å². The Balaban J connectivity index is 2.00. The molecule has 2 aliphatic carbocycles. The maximum Gasteiger partial charge on any atom is 0.223 e. The van der Waals surface area contributed by atoms with Gasteiger partial charge in [-0.05, 0) is 31.1 Å². The van der Waals surface area contributed by atoms with Gasteiger partial charge in [0.15, 0.2) is 0 Å². The van der Waals surface area contributed by atoms with Crippen LogP contribution in [0.15, 0.2) is 0 Å². The number of hydrogen-bond donors (Lipinski definition) is 2. The molecule has 3 heteroatoms. The zero-order chi connectivity index (χ0) is 11.8. The van der Waals surface area contributed by atoms with Crippen LogP contribution in [0, 0.1) is 17.8 Å². The van der Waals surface area contributed by atoms with Crippen LogP contribution in [-0.4, -0.2) is 18.0 Å². The summed E-state index contributed by atoms with van der Waals surface area (Å²) in [6.45, 7) is 4.95. The predicted octanol–water partition coefficient (Wildman–Crippen LogP) is 1.67. The van der Waals surface area contributed by atoms with Crippen molar-refractivity contribution in [2.45, 2.75) is 51.5 Å². The lowest BCUT2D eigenvalue weighted by Gasteiger charge is -2.42. The van der Waals surface area contributed by atoms with Crippen LogP contribution in [0.5, 0.6) is 0 Å². The number of amides is 1. The van der Waals surface area contributed by atoms with Gasteiger partial charge in [-0.2, -0.15) is 0 Å². The summed E-state index contributed by atoms with van der Waals surface area (Å²) in [5, 5.41) is 3.26. The van der Waals surface area contributed by atoms with E-state index in [0.29, 0.717) is 18.4 Å². The fourth-order valence-corrected chi connectivity index (χ4v) is 2.98. The maximum atomic E-state index is 12.0. The molecule has 3 nitrogen and oxygen atoms in total. The molecule has 0 spiro atoms. The van der Waals surface area contributed by atoms with Crippen molar-refractivity contribution in [1.29, 1.82) is 0 Å². The van der Waals surface area contributed by atoms with Crippen LogP contribution >= 0.6 is 0 Å². The molecule has 0 radical (unpaired) electrons. The Bertz CT molecular complexity index is 279. The van der Waals surface area contributed by atoms with Crippen LogP contribution in [0.25, 0.3) is 0 Å². The minimum Gasteiger partial charge on any atom is -0.349 e. The van der Waals surface area contributed by atoms with Crippen molar-refractivity contribution in [2.75, 3.05) is 6.54 Å². The molecule has 0 heterocycles. The molecule has 16 heavy (non-hydrogen) atoms. The van der Waals surface area contributed by atoms with E-state index in [1.54, 1.807) is 0 Å². The molecule has 0 aliphatic heterocycles. The first-order chi connectivity index (χ1) is 7.59. The quantitative estimate of drug-likeness (QED) is 0.766. The normalized spacial score (nSPS) is 42.8. The molecule has 0 aromatic heterocycles. The lowest BCUT2D eigenvalue weighted by atomic mass is 9.73. The number of hydrogen-bond acceptors (Lipinski definition) is 2. The molecule has 2 aliphatic rings. The summed E-state index contributed by atoms with van der Waals surface area (Å²) in [5.41, 5.74) is 5.80. The predicted molar refractivity (Wildman–Crippen MR) is 64.8 cm³/mol. The van der Waals surface area contributed by atoms with Crippen LogP contribution in [0.4, 0.5) is 0 Å². The smallest absolute Gasteiger partial charge is 0.223 e. The van der Waals surface area contributed by atoms with Crippen molar-refractivity contribution in [3.05, 3.63) is 0 Å². The van der Waals surface area contributed by atoms with Crippen LogP contribution in [-0.2, 0) is 4.79 Å². The van der Waals surface area contributed by atoms with Crippen LogP contribution in [0.2, 0.25) is 0 Å². The molecule has 0 bridgehead atoms. The molecule has 0 aromatic rings. The van der Waals surface area contributed by atoms with Crippen molar-refractivity contribution >= 4 is 5.91 Å². The summed E-state index contributed by atoms with van der Waals surface area (Å²) in [5.74, 6) is 1.60. The van der Waals surface area contributed by atoms with Gasteiger partial charge in [-0.3, -0.25) is 4.79 Å². The Morgan fingerprint density at radius 3 is 2.62 bits per heavy atom. The molecule has 2 rings (SSSR count). The fraction of sp³-hybridized carbons (Fsp3) is 0.923. The van der Waals surface area contributed by atoms with Crippen molar-refractivity contribution in [1.82, 2.24) is 5.32 Å². The third-order valence-electron chi connectivity index (χ3n) is 4.64. The van der Waals surface area contributed by atoms with Gasteiger partial charge in [0.25, 0.3) is 0 Å². The Morgan fingerprint density at radius 2 is 2.12 bits per heavy atom. The largest absolute Gasteiger partial charge is 0.349 e. The van der Waals surface area contributed by atoms with Gasteiger partial charge in [0.1, 0.15) is 0 Å². The summed E-state index contributed by atoms with van der Waals surface area (Å²) in [6.07, 6.45) is 5.77. The molecule has 2 saturated carbocycles. The van der Waals surface area contributed by atoms with Crippen LogP contribution in [0.3, 0.4) is 0 Å². The van der Waals surface area contributed by atoms with E-state index < -0.39 is 0 Å². The molecule has 2 fully saturated rings. The molecular formula is C13H24N2O. The number of carbonyl (C=O) groups is 1. The highest BCUT2D eigenvalue weighted by molar-refractivity contribution is 5.82. The summed E-state index contributed by atoms with van der Waals surface area (Å²) in [4.78, 5) is 12.0. The fourth-order valence-electron chi connectivity index (χ4n) is 2.98. The molecule has 1 amide bonds. The van der Waals surface area contributed by atoms with Crippen molar-refractivity contribution in [2.24, 2.45) is 23.5 Å². The van der Waals surface area contributed by atoms with E-state index >= 15 is 0 Å². The van der Waals surface area contributed by atoms with E-state index in [1.807, 2.05) is 0 Å². The minimum atomic E-state index is -0.113.